The molecule has 5 heteroatoms. The van der Waals surface area contributed by atoms with Gasteiger partial charge < -0.3 is 0 Å². The Kier molecular flexibility index (Phi) is 3.09. The minimum atomic E-state index is 0.451. The van der Waals surface area contributed by atoms with Gasteiger partial charge in [0, 0.05) is 24.5 Å². The van der Waals surface area contributed by atoms with Gasteiger partial charge in [0.15, 0.2) is 5.15 Å². The van der Waals surface area contributed by atoms with Crippen LogP contribution in [0.15, 0.2) is 23.6 Å². The molecule has 17 heavy (non-hydrogen) atoms. The quantitative estimate of drug-likeness (QED) is 0.836. The molecule has 1 aliphatic heterocycles. The van der Waals surface area contributed by atoms with Crippen molar-refractivity contribution >= 4 is 22.9 Å². The molecule has 0 radical (unpaired) electrons. The van der Waals surface area contributed by atoms with Gasteiger partial charge in [-0.3, -0.25) is 4.90 Å². The summed E-state index contributed by atoms with van der Waals surface area (Å²) in [6, 6.07) is 5.96. The maximum absolute atomic E-state index is 5.72. The molecule has 0 atom stereocenters. The molecule has 0 amide bonds. The Balaban J connectivity index is 1.69. The van der Waals surface area contributed by atoms with E-state index in [9.17, 15) is 0 Å². The molecule has 0 spiro atoms. The summed E-state index contributed by atoms with van der Waals surface area (Å²) in [6.07, 6.45) is 1.15. The number of nitrogens with zero attached hydrogens (tertiary/aromatic N) is 3. The smallest absolute Gasteiger partial charge is 0.151 e. The van der Waals surface area contributed by atoms with Crippen molar-refractivity contribution in [3.8, 4) is 0 Å². The van der Waals surface area contributed by atoms with Crippen molar-refractivity contribution in [3.63, 3.8) is 0 Å². The predicted molar refractivity (Wildman–Crippen MR) is 69.2 cm³/mol. The van der Waals surface area contributed by atoms with E-state index in [0.29, 0.717) is 5.15 Å². The standard InChI is InChI=1S/C12H12ClN3S/c13-12-2-1-10(14-15-12)8-16-5-3-11-9(7-16)4-6-17-11/h1-2,4,6H,3,5,7-8H2. The number of halogens is 1. The van der Waals surface area contributed by atoms with E-state index in [0.717, 1.165) is 31.7 Å². The summed E-state index contributed by atoms with van der Waals surface area (Å²) in [7, 11) is 0. The summed E-state index contributed by atoms with van der Waals surface area (Å²) < 4.78 is 0. The molecule has 3 nitrogen and oxygen atoms in total. The first kappa shape index (κ1) is 11.1. The fraction of sp³-hybridized carbons (Fsp3) is 0.333. The van der Waals surface area contributed by atoms with Crippen LogP contribution in [-0.4, -0.2) is 21.6 Å². The lowest BCUT2D eigenvalue weighted by Crippen LogP contribution is -2.29. The lowest BCUT2D eigenvalue weighted by atomic mass is 10.1. The highest BCUT2D eigenvalue weighted by Gasteiger charge is 2.17. The van der Waals surface area contributed by atoms with Crippen molar-refractivity contribution in [2.75, 3.05) is 6.54 Å². The zero-order chi connectivity index (χ0) is 11.7. The first-order valence-electron chi connectivity index (χ1n) is 5.57. The molecular formula is C12H12ClN3S. The van der Waals surface area contributed by atoms with E-state index in [1.165, 1.54) is 10.4 Å². The van der Waals surface area contributed by atoms with Gasteiger partial charge in [0.1, 0.15) is 0 Å². The fourth-order valence-electron chi connectivity index (χ4n) is 2.10. The third-order valence-corrected chi connectivity index (χ3v) is 4.18. The summed E-state index contributed by atoms with van der Waals surface area (Å²) in [5.41, 5.74) is 2.44. The maximum Gasteiger partial charge on any atom is 0.151 e. The molecule has 0 aliphatic carbocycles. The Bertz CT molecular complexity index is 509. The predicted octanol–water partition coefficient (Wildman–Crippen LogP) is 2.75. The monoisotopic (exact) mass is 265 g/mol. The molecule has 0 fully saturated rings. The first-order chi connectivity index (χ1) is 8.31. The minimum Gasteiger partial charge on any atom is -0.293 e. The zero-order valence-corrected chi connectivity index (χ0v) is 10.8. The van der Waals surface area contributed by atoms with Crippen molar-refractivity contribution < 1.29 is 0 Å². The number of hydrogen-bond acceptors (Lipinski definition) is 4. The van der Waals surface area contributed by atoms with Crippen LogP contribution in [0.4, 0.5) is 0 Å². The van der Waals surface area contributed by atoms with Gasteiger partial charge in [-0.25, -0.2) is 0 Å². The highest BCUT2D eigenvalue weighted by Crippen LogP contribution is 2.24. The highest BCUT2D eigenvalue weighted by molar-refractivity contribution is 7.10. The molecule has 2 aromatic rings. The van der Waals surface area contributed by atoms with Crippen LogP contribution in [0.5, 0.6) is 0 Å². The highest BCUT2D eigenvalue weighted by atomic mass is 35.5. The van der Waals surface area contributed by atoms with Gasteiger partial charge in [-0.15, -0.1) is 16.4 Å². The van der Waals surface area contributed by atoms with E-state index in [-0.39, 0.29) is 0 Å². The summed E-state index contributed by atoms with van der Waals surface area (Å²) in [4.78, 5) is 3.93. The normalized spacial score (nSPS) is 15.8. The second-order valence-electron chi connectivity index (χ2n) is 4.18. The second kappa shape index (κ2) is 4.72. The SMILES string of the molecule is Clc1ccc(CN2CCc3sccc3C2)nn1. The number of hydrogen-bond donors (Lipinski definition) is 0. The topological polar surface area (TPSA) is 29.0 Å². The van der Waals surface area contributed by atoms with Gasteiger partial charge in [-0.05, 0) is 35.6 Å². The lowest BCUT2D eigenvalue weighted by Gasteiger charge is -2.26. The van der Waals surface area contributed by atoms with Gasteiger partial charge in [0.05, 0.1) is 5.69 Å². The van der Waals surface area contributed by atoms with Gasteiger partial charge in [-0.1, -0.05) is 11.6 Å². The van der Waals surface area contributed by atoms with Crippen molar-refractivity contribution in [2.45, 2.75) is 19.5 Å². The molecule has 0 saturated carbocycles. The van der Waals surface area contributed by atoms with E-state index in [4.69, 9.17) is 11.6 Å². The summed E-state index contributed by atoms with van der Waals surface area (Å²) in [6.45, 7) is 2.96. The van der Waals surface area contributed by atoms with Crippen LogP contribution >= 0.6 is 22.9 Å². The Morgan fingerprint density at radius 3 is 3.06 bits per heavy atom. The molecule has 0 aromatic carbocycles. The molecule has 0 N–H and O–H groups in total. The van der Waals surface area contributed by atoms with E-state index in [2.05, 4.69) is 26.5 Å². The number of fused-ring (bicyclic) bond motifs is 1. The Hall–Kier alpha value is -0.970. The lowest BCUT2D eigenvalue weighted by molar-refractivity contribution is 0.244. The minimum absolute atomic E-state index is 0.451. The van der Waals surface area contributed by atoms with Gasteiger partial charge >= 0.3 is 0 Å². The van der Waals surface area contributed by atoms with Gasteiger partial charge in [0.25, 0.3) is 0 Å². The average Bonchev–Trinajstić information content (AvgIpc) is 2.79. The maximum atomic E-state index is 5.72. The summed E-state index contributed by atoms with van der Waals surface area (Å²) in [5.74, 6) is 0. The molecule has 3 heterocycles. The summed E-state index contributed by atoms with van der Waals surface area (Å²) in [5, 5.41) is 10.6. The molecular weight excluding hydrogens is 254 g/mol. The van der Waals surface area contributed by atoms with E-state index in [1.807, 2.05) is 17.4 Å². The third kappa shape index (κ3) is 2.49. The first-order valence-corrected chi connectivity index (χ1v) is 6.83. The van der Waals surface area contributed by atoms with Crippen LogP contribution in [0, 0.1) is 0 Å². The third-order valence-electron chi connectivity index (χ3n) is 2.96. The van der Waals surface area contributed by atoms with Crippen LogP contribution in [0.1, 0.15) is 16.1 Å². The van der Waals surface area contributed by atoms with Gasteiger partial charge in [0.2, 0.25) is 0 Å². The average molecular weight is 266 g/mol. The van der Waals surface area contributed by atoms with Crippen LogP contribution in [0.25, 0.3) is 0 Å². The molecule has 3 rings (SSSR count). The molecule has 88 valence electrons. The number of thiophene rings is 1. The van der Waals surface area contributed by atoms with E-state index < -0.39 is 0 Å². The Morgan fingerprint density at radius 2 is 2.24 bits per heavy atom. The molecule has 0 bridgehead atoms. The van der Waals surface area contributed by atoms with E-state index >= 15 is 0 Å². The number of rotatable bonds is 2. The summed E-state index contributed by atoms with van der Waals surface area (Å²) >= 11 is 7.58. The van der Waals surface area contributed by atoms with Crippen LogP contribution < -0.4 is 0 Å². The zero-order valence-electron chi connectivity index (χ0n) is 9.27. The van der Waals surface area contributed by atoms with Crippen molar-refractivity contribution in [3.05, 3.63) is 44.9 Å². The van der Waals surface area contributed by atoms with Crippen LogP contribution in [0.2, 0.25) is 5.15 Å². The Morgan fingerprint density at radius 1 is 1.29 bits per heavy atom. The van der Waals surface area contributed by atoms with Crippen molar-refractivity contribution in [2.24, 2.45) is 0 Å². The second-order valence-corrected chi connectivity index (χ2v) is 5.56. The number of aromatic nitrogens is 2. The van der Waals surface area contributed by atoms with Gasteiger partial charge in [-0.2, -0.15) is 5.10 Å². The molecule has 0 unspecified atom stereocenters. The molecule has 2 aromatic heterocycles. The van der Waals surface area contributed by atoms with Crippen molar-refractivity contribution in [1.29, 1.82) is 0 Å². The van der Waals surface area contributed by atoms with Crippen molar-refractivity contribution in [1.82, 2.24) is 15.1 Å². The largest absolute Gasteiger partial charge is 0.293 e. The van der Waals surface area contributed by atoms with Crippen LogP contribution in [0.3, 0.4) is 0 Å². The Labute approximate surface area is 109 Å². The van der Waals surface area contributed by atoms with Crippen LogP contribution in [-0.2, 0) is 19.5 Å². The molecule has 0 saturated heterocycles. The van der Waals surface area contributed by atoms with E-state index in [1.54, 1.807) is 6.07 Å². The molecule has 1 aliphatic rings. The fourth-order valence-corrected chi connectivity index (χ4v) is 3.09.